The maximum Gasteiger partial charge on any atom is 0.251 e. The van der Waals surface area contributed by atoms with Gasteiger partial charge in [-0.15, -0.1) is 0 Å². The van der Waals surface area contributed by atoms with Crippen molar-refractivity contribution in [1.82, 2.24) is 5.32 Å². The first-order chi connectivity index (χ1) is 11.6. The molecule has 0 radical (unpaired) electrons. The van der Waals surface area contributed by atoms with Gasteiger partial charge in [0.05, 0.1) is 13.7 Å². The normalized spacial score (nSPS) is 10.3. The highest BCUT2D eigenvalue weighted by Crippen LogP contribution is 2.28. The van der Waals surface area contributed by atoms with Crippen molar-refractivity contribution < 1.29 is 14.3 Å². The lowest BCUT2D eigenvalue weighted by atomic mass is 10.1. The van der Waals surface area contributed by atoms with Crippen LogP contribution in [0.15, 0.2) is 42.5 Å². The van der Waals surface area contributed by atoms with Crippen molar-refractivity contribution in [3.8, 4) is 11.5 Å². The first-order valence-corrected chi connectivity index (χ1v) is 9.05. The minimum atomic E-state index is -0.0298. The third-order valence-electron chi connectivity index (χ3n) is 3.54. The zero-order chi connectivity index (χ0) is 17.4. The third-order valence-corrected chi connectivity index (χ3v) is 4.21. The van der Waals surface area contributed by atoms with Crippen molar-refractivity contribution in [2.75, 3.05) is 20.3 Å². The lowest BCUT2D eigenvalue weighted by Gasteiger charge is -2.11. The lowest BCUT2D eigenvalue weighted by molar-refractivity contribution is 0.0953. The third kappa shape index (κ3) is 5.40. The second-order valence-corrected chi connectivity index (χ2v) is 6.53. The Balaban J connectivity index is 1.83. The lowest BCUT2D eigenvalue weighted by Crippen LogP contribution is -2.24. The molecule has 0 unspecified atom stereocenters. The molecule has 0 aliphatic rings. The molecule has 0 aromatic heterocycles. The summed E-state index contributed by atoms with van der Waals surface area (Å²) in [7, 11) is 1.64. The Kier molecular flexibility index (Phi) is 7.36. The number of carbonyl (C=O) groups is 1. The molecule has 0 saturated heterocycles. The molecule has 1 N–H and O–H groups in total. The van der Waals surface area contributed by atoms with Crippen LogP contribution in [0.3, 0.4) is 0 Å². The average Bonchev–Trinajstić information content (AvgIpc) is 2.59. The van der Waals surface area contributed by atoms with E-state index < -0.39 is 0 Å². The molecule has 0 spiro atoms. The van der Waals surface area contributed by atoms with Gasteiger partial charge < -0.3 is 14.8 Å². The van der Waals surface area contributed by atoms with Crippen molar-refractivity contribution in [3.05, 3.63) is 57.2 Å². The molecule has 24 heavy (non-hydrogen) atoms. The SMILES string of the molecule is CCOc1ccc(CCCNC(=O)c2cccc(I)c2)cc1OC. The molecule has 1 amide bonds. The van der Waals surface area contributed by atoms with Crippen LogP contribution in [0.25, 0.3) is 0 Å². The first-order valence-electron chi connectivity index (χ1n) is 7.97. The van der Waals surface area contributed by atoms with Gasteiger partial charge >= 0.3 is 0 Å². The van der Waals surface area contributed by atoms with Crippen LogP contribution in [0.4, 0.5) is 0 Å². The van der Waals surface area contributed by atoms with Crippen LogP contribution in [-0.2, 0) is 6.42 Å². The predicted molar refractivity (Wildman–Crippen MR) is 104 cm³/mol. The van der Waals surface area contributed by atoms with Gasteiger partial charge in [0.15, 0.2) is 11.5 Å². The smallest absolute Gasteiger partial charge is 0.251 e. The fraction of sp³-hybridized carbons (Fsp3) is 0.316. The number of amides is 1. The van der Waals surface area contributed by atoms with Gasteiger partial charge in [0.1, 0.15) is 0 Å². The molecule has 0 saturated carbocycles. The number of nitrogens with one attached hydrogen (secondary N) is 1. The molecule has 128 valence electrons. The Hall–Kier alpha value is -1.76. The molecular weight excluding hydrogens is 417 g/mol. The number of ether oxygens (including phenoxy) is 2. The van der Waals surface area contributed by atoms with E-state index in [2.05, 4.69) is 27.9 Å². The van der Waals surface area contributed by atoms with E-state index in [9.17, 15) is 4.79 Å². The Morgan fingerprint density at radius 2 is 2.00 bits per heavy atom. The molecule has 0 aliphatic heterocycles. The second kappa shape index (κ2) is 9.52. The zero-order valence-corrected chi connectivity index (χ0v) is 16.1. The number of benzene rings is 2. The maximum atomic E-state index is 12.1. The Morgan fingerprint density at radius 3 is 2.71 bits per heavy atom. The summed E-state index contributed by atoms with van der Waals surface area (Å²) in [5, 5.41) is 2.96. The van der Waals surface area contributed by atoms with Gasteiger partial charge in [0, 0.05) is 15.7 Å². The fourth-order valence-electron chi connectivity index (χ4n) is 2.37. The van der Waals surface area contributed by atoms with Crippen LogP contribution >= 0.6 is 22.6 Å². The molecule has 0 heterocycles. The Morgan fingerprint density at radius 1 is 1.17 bits per heavy atom. The minimum absolute atomic E-state index is 0.0298. The topological polar surface area (TPSA) is 47.6 Å². The van der Waals surface area contributed by atoms with Crippen LogP contribution < -0.4 is 14.8 Å². The minimum Gasteiger partial charge on any atom is -0.493 e. The van der Waals surface area contributed by atoms with E-state index in [0.29, 0.717) is 18.7 Å². The van der Waals surface area contributed by atoms with Crippen LogP contribution in [0, 0.1) is 3.57 Å². The quantitative estimate of drug-likeness (QED) is 0.499. The van der Waals surface area contributed by atoms with Crippen LogP contribution in [0.1, 0.15) is 29.3 Å². The van der Waals surface area contributed by atoms with E-state index in [4.69, 9.17) is 9.47 Å². The van der Waals surface area contributed by atoms with Gasteiger partial charge in [-0.1, -0.05) is 12.1 Å². The maximum absolute atomic E-state index is 12.1. The van der Waals surface area contributed by atoms with Gasteiger partial charge in [-0.3, -0.25) is 4.79 Å². The summed E-state index contributed by atoms with van der Waals surface area (Å²) < 4.78 is 11.9. The predicted octanol–water partition coefficient (Wildman–Crippen LogP) is 4.06. The summed E-state index contributed by atoms with van der Waals surface area (Å²) in [5.74, 6) is 1.48. The Bertz CT molecular complexity index is 688. The van der Waals surface area contributed by atoms with Crippen molar-refractivity contribution in [3.63, 3.8) is 0 Å². The van der Waals surface area contributed by atoms with Crippen molar-refractivity contribution in [2.24, 2.45) is 0 Å². The Labute approximate surface area is 156 Å². The van der Waals surface area contributed by atoms with Gasteiger partial charge in [0.2, 0.25) is 0 Å². The average molecular weight is 439 g/mol. The number of carbonyl (C=O) groups excluding carboxylic acids is 1. The van der Waals surface area contributed by atoms with Crippen LogP contribution in [0.5, 0.6) is 11.5 Å². The number of halogens is 1. The number of aryl methyl sites for hydroxylation is 1. The van der Waals surface area contributed by atoms with Gasteiger partial charge in [-0.25, -0.2) is 0 Å². The summed E-state index contributed by atoms with van der Waals surface area (Å²) in [4.78, 5) is 12.1. The summed E-state index contributed by atoms with van der Waals surface area (Å²) in [6, 6.07) is 13.5. The number of rotatable bonds is 8. The highest BCUT2D eigenvalue weighted by molar-refractivity contribution is 14.1. The summed E-state index contributed by atoms with van der Waals surface area (Å²) in [5.41, 5.74) is 1.86. The second-order valence-electron chi connectivity index (χ2n) is 5.29. The molecule has 0 atom stereocenters. The van der Waals surface area contributed by atoms with Crippen molar-refractivity contribution in [1.29, 1.82) is 0 Å². The monoisotopic (exact) mass is 439 g/mol. The van der Waals surface area contributed by atoms with E-state index in [1.165, 1.54) is 5.56 Å². The van der Waals surface area contributed by atoms with Gasteiger partial charge in [-0.05, 0) is 78.3 Å². The van der Waals surface area contributed by atoms with E-state index >= 15 is 0 Å². The summed E-state index contributed by atoms with van der Waals surface area (Å²) >= 11 is 2.20. The molecule has 2 rings (SSSR count). The van der Waals surface area contributed by atoms with Crippen LogP contribution in [0.2, 0.25) is 0 Å². The van der Waals surface area contributed by atoms with Crippen molar-refractivity contribution >= 4 is 28.5 Å². The standard InChI is InChI=1S/C19H22INO3/c1-3-24-17-10-9-14(12-18(17)23-2)6-5-11-21-19(22)15-7-4-8-16(20)13-15/h4,7-10,12-13H,3,5-6,11H2,1-2H3,(H,21,22). The largest absolute Gasteiger partial charge is 0.493 e. The number of hydrogen-bond donors (Lipinski definition) is 1. The van der Waals surface area contributed by atoms with E-state index in [0.717, 1.165) is 27.9 Å². The molecule has 4 nitrogen and oxygen atoms in total. The van der Waals surface area contributed by atoms with Crippen LogP contribution in [-0.4, -0.2) is 26.2 Å². The van der Waals surface area contributed by atoms with E-state index in [1.54, 1.807) is 7.11 Å². The highest BCUT2D eigenvalue weighted by atomic mass is 127. The molecule has 0 fully saturated rings. The van der Waals surface area contributed by atoms with Crippen molar-refractivity contribution in [2.45, 2.75) is 19.8 Å². The molecule has 0 bridgehead atoms. The summed E-state index contributed by atoms with van der Waals surface area (Å²) in [6.45, 7) is 3.20. The molecular formula is C19H22INO3. The van der Waals surface area contributed by atoms with Gasteiger partial charge in [0.25, 0.3) is 5.91 Å². The molecule has 2 aromatic rings. The molecule has 0 aliphatic carbocycles. The van der Waals surface area contributed by atoms with E-state index in [1.807, 2.05) is 49.4 Å². The highest BCUT2D eigenvalue weighted by Gasteiger charge is 2.07. The van der Waals surface area contributed by atoms with E-state index in [-0.39, 0.29) is 5.91 Å². The zero-order valence-electron chi connectivity index (χ0n) is 14.0. The summed E-state index contributed by atoms with van der Waals surface area (Å²) in [6.07, 6.45) is 1.74. The molecule has 2 aromatic carbocycles. The number of hydrogen-bond acceptors (Lipinski definition) is 3. The fourth-order valence-corrected chi connectivity index (χ4v) is 2.91. The van der Waals surface area contributed by atoms with Gasteiger partial charge in [-0.2, -0.15) is 0 Å². The number of methoxy groups -OCH3 is 1. The molecule has 5 heteroatoms. The first kappa shape index (κ1) is 18.6.